The maximum Gasteiger partial charge on any atom is -0.0314 e. The molecule has 4 aliphatic carbocycles. The summed E-state index contributed by atoms with van der Waals surface area (Å²) in [5.41, 5.74) is 0. The Labute approximate surface area is 86.8 Å². The smallest absolute Gasteiger partial charge is 0.0314 e. The predicted octanol–water partition coefficient (Wildman–Crippen LogP) is 3.63. The topological polar surface area (TPSA) is 0 Å². The zero-order chi connectivity index (χ0) is 9.12. The first-order chi connectivity index (χ1) is 6.95. The third kappa shape index (κ3) is 0.816. The summed E-state index contributed by atoms with van der Waals surface area (Å²) < 4.78 is 0. The summed E-state index contributed by atoms with van der Waals surface area (Å²) in [4.78, 5) is 0. The molecule has 0 N–H and O–H groups in total. The summed E-state index contributed by atoms with van der Waals surface area (Å²) in [5.74, 6) is 6.91. The van der Waals surface area contributed by atoms with Gasteiger partial charge in [-0.15, -0.1) is 0 Å². The van der Waals surface area contributed by atoms with Gasteiger partial charge in [-0.25, -0.2) is 0 Å². The van der Waals surface area contributed by atoms with Crippen LogP contribution in [0, 0.1) is 35.5 Å². The van der Waals surface area contributed by atoms with Crippen molar-refractivity contribution < 1.29 is 0 Å². The predicted molar refractivity (Wildman–Crippen MR) is 57.8 cm³/mol. The van der Waals surface area contributed by atoms with Gasteiger partial charge in [-0.2, -0.15) is 0 Å². The van der Waals surface area contributed by atoms with Crippen molar-refractivity contribution in [3.63, 3.8) is 0 Å². The first-order valence-corrected chi connectivity index (χ1v) is 6.60. The number of rotatable bonds is 0. The van der Waals surface area contributed by atoms with E-state index in [9.17, 15) is 0 Å². The maximum absolute atomic E-state index is 2.47. The molecule has 0 bridgehead atoms. The SMILES string of the molecule is C1=CC[C@@H]2[C@@H](C1)[C@H]1CCC[C@@H]3C[C@@H]2[C@@H]31. The molecule has 0 heteroatoms. The summed E-state index contributed by atoms with van der Waals surface area (Å²) >= 11 is 0. The molecule has 0 aromatic carbocycles. The van der Waals surface area contributed by atoms with Gasteiger partial charge in [0, 0.05) is 0 Å². The van der Waals surface area contributed by atoms with Gasteiger partial charge in [0.05, 0.1) is 0 Å². The Morgan fingerprint density at radius 1 is 0.786 bits per heavy atom. The Hall–Kier alpha value is -0.260. The summed E-state index contributed by atoms with van der Waals surface area (Å²) in [7, 11) is 0. The Morgan fingerprint density at radius 2 is 1.57 bits per heavy atom. The van der Waals surface area contributed by atoms with Gasteiger partial charge < -0.3 is 0 Å². The van der Waals surface area contributed by atoms with Gasteiger partial charge in [0.25, 0.3) is 0 Å². The lowest BCUT2D eigenvalue weighted by atomic mass is 9.57. The van der Waals surface area contributed by atoms with E-state index in [1.165, 1.54) is 30.6 Å². The van der Waals surface area contributed by atoms with Crippen LogP contribution in [0.1, 0.15) is 38.5 Å². The lowest BCUT2D eigenvalue weighted by Gasteiger charge is -2.48. The quantitative estimate of drug-likeness (QED) is 0.509. The third-order valence-electron chi connectivity index (χ3n) is 5.85. The van der Waals surface area contributed by atoms with Crippen molar-refractivity contribution in [3.05, 3.63) is 12.2 Å². The van der Waals surface area contributed by atoms with Crippen LogP contribution in [0.15, 0.2) is 12.2 Å². The van der Waals surface area contributed by atoms with E-state index in [2.05, 4.69) is 12.2 Å². The summed E-state index contributed by atoms with van der Waals surface area (Å²) in [6.45, 7) is 0. The average Bonchev–Trinajstić information content (AvgIpc) is 2.49. The molecule has 3 saturated carbocycles. The van der Waals surface area contributed by atoms with Crippen LogP contribution < -0.4 is 0 Å². The Morgan fingerprint density at radius 3 is 2.43 bits per heavy atom. The van der Waals surface area contributed by atoms with Crippen molar-refractivity contribution in [2.75, 3.05) is 0 Å². The lowest BCUT2D eigenvalue weighted by molar-refractivity contribution is 0.0136. The largest absolute Gasteiger partial charge is 0.0882 e. The Balaban J connectivity index is 1.69. The third-order valence-corrected chi connectivity index (χ3v) is 5.85. The number of hydrogen-bond acceptors (Lipinski definition) is 0. The van der Waals surface area contributed by atoms with E-state index in [-0.39, 0.29) is 0 Å². The van der Waals surface area contributed by atoms with Crippen LogP contribution in [0.4, 0.5) is 0 Å². The average molecular weight is 188 g/mol. The molecule has 14 heavy (non-hydrogen) atoms. The molecule has 6 atom stereocenters. The highest BCUT2D eigenvalue weighted by Gasteiger charge is 2.59. The van der Waals surface area contributed by atoms with Gasteiger partial charge in [-0.3, -0.25) is 0 Å². The Kier molecular flexibility index (Phi) is 1.51. The van der Waals surface area contributed by atoms with Crippen molar-refractivity contribution in [3.8, 4) is 0 Å². The second kappa shape index (κ2) is 2.65. The Bertz CT molecular complexity index is 278. The number of hydrogen-bond donors (Lipinski definition) is 0. The van der Waals surface area contributed by atoms with Crippen LogP contribution in [0.5, 0.6) is 0 Å². The molecule has 0 amide bonds. The maximum atomic E-state index is 2.47. The molecular formula is C14H20. The van der Waals surface area contributed by atoms with Crippen LogP contribution in [-0.2, 0) is 0 Å². The molecule has 0 radical (unpaired) electrons. The second-order valence-corrected chi connectivity index (χ2v) is 6.10. The minimum Gasteiger partial charge on any atom is -0.0882 e. The molecule has 0 nitrogen and oxygen atoms in total. The first kappa shape index (κ1) is 7.96. The van der Waals surface area contributed by atoms with Crippen molar-refractivity contribution in [1.82, 2.24) is 0 Å². The van der Waals surface area contributed by atoms with Crippen molar-refractivity contribution in [1.29, 1.82) is 0 Å². The van der Waals surface area contributed by atoms with E-state index in [1.54, 1.807) is 25.7 Å². The molecule has 0 aromatic rings. The van der Waals surface area contributed by atoms with Crippen LogP contribution in [0.2, 0.25) is 0 Å². The van der Waals surface area contributed by atoms with E-state index in [4.69, 9.17) is 0 Å². The van der Waals surface area contributed by atoms with Crippen LogP contribution in [-0.4, -0.2) is 0 Å². The van der Waals surface area contributed by atoms with Gasteiger partial charge >= 0.3 is 0 Å². The fourth-order valence-electron chi connectivity index (χ4n) is 5.40. The molecule has 4 aliphatic rings. The van der Waals surface area contributed by atoms with Gasteiger partial charge in [0.15, 0.2) is 0 Å². The van der Waals surface area contributed by atoms with Crippen molar-refractivity contribution in [2.45, 2.75) is 38.5 Å². The minimum atomic E-state index is 1.11. The minimum absolute atomic E-state index is 1.11. The highest BCUT2D eigenvalue weighted by Crippen LogP contribution is 2.66. The van der Waals surface area contributed by atoms with Crippen LogP contribution in [0.3, 0.4) is 0 Å². The highest BCUT2D eigenvalue weighted by molar-refractivity contribution is 5.12. The normalized spacial score (nSPS) is 58.9. The van der Waals surface area contributed by atoms with Gasteiger partial charge in [0.1, 0.15) is 0 Å². The molecule has 4 rings (SSSR count). The van der Waals surface area contributed by atoms with Crippen molar-refractivity contribution >= 4 is 0 Å². The molecule has 76 valence electrons. The van der Waals surface area contributed by atoms with Crippen LogP contribution in [0.25, 0.3) is 0 Å². The zero-order valence-electron chi connectivity index (χ0n) is 8.86. The standard InChI is InChI=1S/C14H20/c1-2-6-11-10(5-1)12-7-3-4-9-8-13(11)14(9)12/h1-2,9-14H,3-8H2/t9-,10-,11-,12-,13+,14+/m1/s1. The van der Waals surface area contributed by atoms with Gasteiger partial charge in [0.2, 0.25) is 0 Å². The molecular weight excluding hydrogens is 168 g/mol. The molecule has 3 fully saturated rings. The van der Waals surface area contributed by atoms with E-state index in [1.807, 2.05) is 0 Å². The summed E-state index contributed by atoms with van der Waals surface area (Å²) in [5, 5.41) is 0. The highest BCUT2D eigenvalue weighted by atomic mass is 14.6. The molecule has 0 heterocycles. The molecule has 0 aromatic heterocycles. The monoisotopic (exact) mass is 188 g/mol. The zero-order valence-corrected chi connectivity index (χ0v) is 8.86. The summed E-state index contributed by atoms with van der Waals surface area (Å²) in [6.07, 6.45) is 14.1. The van der Waals surface area contributed by atoms with Crippen LogP contribution >= 0.6 is 0 Å². The van der Waals surface area contributed by atoms with Gasteiger partial charge in [-0.05, 0) is 61.2 Å². The molecule has 0 aliphatic heterocycles. The molecule has 0 saturated heterocycles. The molecule has 0 unspecified atom stereocenters. The fourth-order valence-corrected chi connectivity index (χ4v) is 5.40. The van der Waals surface area contributed by atoms with E-state index in [0.717, 1.165) is 17.8 Å². The van der Waals surface area contributed by atoms with E-state index >= 15 is 0 Å². The first-order valence-electron chi connectivity index (χ1n) is 6.60. The number of fused-ring (bicyclic) bond motifs is 3. The van der Waals surface area contributed by atoms with Crippen molar-refractivity contribution in [2.24, 2.45) is 35.5 Å². The number of allylic oxidation sites excluding steroid dienone is 2. The lowest BCUT2D eigenvalue weighted by Crippen LogP contribution is -2.40. The second-order valence-electron chi connectivity index (χ2n) is 6.10. The molecule has 0 spiro atoms. The summed E-state index contributed by atoms with van der Waals surface area (Å²) in [6, 6.07) is 0. The van der Waals surface area contributed by atoms with E-state index in [0.29, 0.717) is 0 Å². The van der Waals surface area contributed by atoms with Gasteiger partial charge in [-0.1, -0.05) is 25.0 Å². The fraction of sp³-hybridized carbons (Fsp3) is 0.857. The van der Waals surface area contributed by atoms with E-state index < -0.39 is 0 Å².